The van der Waals surface area contributed by atoms with E-state index in [4.69, 9.17) is 9.47 Å². The van der Waals surface area contributed by atoms with Gasteiger partial charge in [-0.1, -0.05) is 6.07 Å². The Morgan fingerprint density at radius 3 is 2.67 bits per heavy atom. The first-order valence-corrected chi connectivity index (χ1v) is 4.05. The second kappa shape index (κ2) is 2.16. The van der Waals surface area contributed by atoms with E-state index < -0.39 is 5.79 Å². The Bertz CT molecular complexity index is 316. The molecule has 0 amide bonds. The molecule has 12 heavy (non-hydrogen) atoms. The van der Waals surface area contributed by atoms with Gasteiger partial charge in [-0.15, -0.1) is 0 Å². The summed E-state index contributed by atoms with van der Waals surface area (Å²) in [7, 11) is 0. The molecule has 0 N–H and O–H groups in total. The van der Waals surface area contributed by atoms with E-state index in [9.17, 15) is 0 Å². The minimum atomic E-state index is -0.522. The van der Waals surface area contributed by atoms with Crippen LogP contribution in [0.3, 0.4) is 0 Å². The van der Waals surface area contributed by atoms with E-state index in [2.05, 4.69) is 0 Å². The second-order valence-corrected chi connectivity index (χ2v) is 3.53. The summed E-state index contributed by atoms with van der Waals surface area (Å²) in [4.78, 5) is 0. The first kappa shape index (κ1) is 7.47. The minimum Gasteiger partial charge on any atom is -0.453 e. The van der Waals surface area contributed by atoms with Gasteiger partial charge in [0.15, 0.2) is 0 Å². The van der Waals surface area contributed by atoms with Crippen LogP contribution in [0.25, 0.3) is 0 Å². The van der Waals surface area contributed by atoms with Gasteiger partial charge in [-0.25, -0.2) is 0 Å². The number of hydrogen-bond acceptors (Lipinski definition) is 2. The van der Waals surface area contributed by atoms with Crippen LogP contribution in [0.1, 0.15) is 19.4 Å². The molecule has 2 nitrogen and oxygen atoms in total. The maximum atomic E-state index is 5.59. The molecule has 0 saturated heterocycles. The summed E-state index contributed by atoms with van der Waals surface area (Å²) in [5.74, 6) is 1.28. The smallest absolute Gasteiger partial charge is 0.245 e. The van der Waals surface area contributed by atoms with Crippen LogP contribution in [0.4, 0.5) is 0 Å². The molecule has 1 aliphatic heterocycles. The Kier molecular flexibility index (Phi) is 1.34. The van der Waals surface area contributed by atoms with Crippen molar-refractivity contribution in [3.63, 3.8) is 0 Å². The average molecular weight is 164 g/mol. The first-order valence-electron chi connectivity index (χ1n) is 4.05. The Balaban J connectivity index is 2.48. The zero-order valence-electron chi connectivity index (χ0n) is 7.55. The summed E-state index contributed by atoms with van der Waals surface area (Å²) in [6, 6.07) is 5.88. The van der Waals surface area contributed by atoms with Crippen LogP contribution in [-0.4, -0.2) is 5.79 Å². The number of rotatable bonds is 0. The fourth-order valence-electron chi connectivity index (χ4n) is 1.32. The molecule has 0 unspecified atom stereocenters. The molecule has 0 fully saturated rings. The zero-order chi connectivity index (χ0) is 8.77. The molecule has 1 heterocycles. The third kappa shape index (κ3) is 1.13. The van der Waals surface area contributed by atoms with E-state index in [0.29, 0.717) is 0 Å². The van der Waals surface area contributed by atoms with Crippen LogP contribution in [0.15, 0.2) is 18.2 Å². The van der Waals surface area contributed by atoms with Gasteiger partial charge in [0, 0.05) is 19.9 Å². The Labute approximate surface area is 72.1 Å². The third-order valence-electron chi connectivity index (χ3n) is 1.88. The summed E-state index contributed by atoms with van der Waals surface area (Å²) in [6.45, 7) is 5.85. The van der Waals surface area contributed by atoms with Gasteiger partial charge in [0.1, 0.15) is 11.5 Å². The second-order valence-electron chi connectivity index (χ2n) is 3.53. The molecule has 1 aliphatic rings. The molecule has 0 spiro atoms. The van der Waals surface area contributed by atoms with Crippen molar-refractivity contribution < 1.29 is 9.47 Å². The lowest BCUT2D eigenvalue weighted by atomic mass is 10.2. The van der Waals surface area contributed by atoms with Gasteiger partial charge in [-0.05, 0) is 18.6 Å². The molecule has 0 aliphatic carbocycles. The van der Waals surface area contributed by atoms with Gasteiger partial charge in [-0.2, -0.15) is 0 Å². The standard InChI is InChI=1S/C10H12O2/c1-7-4-5-8-6-9(7)12-10(2,3)11-8/h4-6H,1-3H3. The molecule has 0 atom stereocenters. The van der Waals surface area contributed by atoms with Gasteiger partial charge in [0.2, 0.25) is 5.79 Å². The van der Waals surface area contributed by atoms with E-state index in [0.717, 1.165) is 17.1 Å². The monoisotopic (exact) mass is 164 g/mol. The van der Waals surface area contributed by atoms with Crippen LogP contribution >= 0.6 is 0 Å². The number of ether oxygens (including phenoxy) is 2. The molecule has 0 saturated carbocycles. The topological polar surface area (TPSA) is 18.5 Å². The number of benzene rings is 1. The lowest BCUT2D eigenvalue weighted by molar-refractivity contribution is -0.0909. The Hall–Kier alpha value is -1.18. The quantitative estimate of drug-likeness (QED) is 0.586. The van der Waals surface area contributed by atoms with Gasteiger partial charge in [0.05, 0.1) is 0 Å². The van der Waals surface area contributed by atoms with Crippen molar-refractivity contribution >= 4 is 0 Å². The maximum Gasteiger partial charge on any atom is 0.245 e. The Morgan fingerprint density at radius 1 is 1.17 bits per heavy atom. The molecule has 1 aromatic carbocycles. The number of aryl methyl sites for hydroxylation is 1. The molecule has 2 bridgehead atoms. The molecule has 64 valence electrons. The van der Waals surface area contributed by atoms with Gasteiger partial charge < -0.3 is 9.47 Å². The van der Waals surface area contributed by atoms with Gasteiger partial charge in [0.25, 0.3) is 0 Å². The highest BCUT2D eigenvalue weighted by Gasteiger charge is 2.27. The van der Waals surface area contributed by atoms with E-state index in [1.54, 1.807) is 0 Å². The summed E-state index contributed by atoms with van der Waals surface area (Å²) >= 11 is 0. The van der Waals surface area contributed by atoms with E-state index >= 15 is 0 Å². The number of hydrogen-bond donors (Lipinski definition) is 0. The van der Waals surface area contributed by atoms with Gasteiger partial charge >= 0.3 is 0 Å². The highest BCUT2D eigenvalue weighted by atomic mass is 16.7. The minimum absolute atomic E-state index is 0.522. The molecule has 2 heteroatoms. The predicted molar refractivity (Wildman–Crippen MR) is 46.5 cm³/mol. The predicted octanol–water partition coefficient (Wildman–Crippen LogP) is 2.50. The fraction of sp³-hybridized carbons (Fsp3) is 0.400. The fourth-order valence-corrected chi connectivity index (χ4v) is 1.32. The van der Waals surface area contributed by atoms with Crippen LogP contribution in [0.2, 0.25) is 0 Å². The van der Waals surface area contributed by atoms with Crippen LogP contribution in [0, 0.1) is 6.92 Å². The van der Waals surface area contributed by atoms with Gasteiger partial charge in [-0.3, -0.25) is 0 Å². The highest BCUT2D eigenvalue weighted by Crippen LogP contribution is 2.34. The molecule has 1 aromatic rings. The summed E-state index contributed by atoms with van der Waals surface area (Å²) in [6.07, 6.45) is 0. The summed E-state index contributed by atoms with van der Waals surface area (Å²) in [5.41, 5.74) is 1.15. The van der Waals surface area contributed by atoms with Crippen LogP contribution < -0.4 is 9.47 Å². The largest absolute Gasteiger partial charge is 0.453 e. The van der Waals surface area contributed by atoms with Crippen molar-refractivity contribution in [2.75, 3.05) is 0 Å². The van der Waals surface area contributed by atoms with Crippen molar-refractivity contribution in [3.05, 3.63) is 23.8 Å². The Morgan fingerprint density at radius 2 is 1.92 bits per heavy atom. The van der Waals surface area contributed by atoms with Crippen molar-refractivity contribution in [1.29, 1.82) is 0 Å². The summed E-state index contributed by atoms with van der Waals surface area (Å²) in [5, 5.41) is 0. The number of fused-ring (bicyclic) bond motifs is 2. The SMILES string of the molecule is Cc1ccc2cc1OC(C)(C)O2. The third-order valence-corrected chi connectivity index (χ3v) is 1.88. The van der Waals surface area contributed by atoms with E-state index in [1.165, 1.54) is 0 Å². The van der Waals surface area contributed by atoms with E-state index in [-0.39, 0.29) is 0 Å². The lowest BCUT2D eigenvalue weighted by Crippen LogP contribution is -2.37. The van der Waals surface area contributed by atoms with Crippen molar-refractivity contribution in [3.8, 4) is 11.5 Å². The van der Waals surface area contributed by atoms with E-state index in [1.807, 2.05) is 39.0 Å². The zero-order valence-corrected chi connectivity index (χ0v) is 7.55. The molecular formula is C10H12O2. The first-order chi connectivity index (χ1) is 5.57. The summed E-state index contributed by atoms with van der Waals surface area (Å²) < 4.78 is 11.1. The normalized spacial score (nSPS) is 17.9. The van der Waals surface area contributed by atoms with Crippen molar-refractivity contribution in [2.24, 2.45) is 0 Å². The highest BCUT2D eigenvalue weighted by molar-refractivity contribution is 5.41. The van der Waals surface area contributed by atoms with Crippen LogP contribution in [-0.2, 0) is 0 Å². The lowest BCUT2D eigenvalue weighted by Gasteiger charge is -2.32. The van der Waals surface area contributed by atoms with Crippen molar-refractivity contribution in [2.45, 2.75) is 26.6 Å². The molecule has 2 rings (SSSR count). The average Bonchev–Trinajstić information content (AvgIpc) is 1.95. The molecule has 0 radical (unpaired) electrons. The maximum absolute atomic E-state index is 5.59. The molecular weight excluding hydrogens is 152 g/mol. The molecule has 0 aromatic heterocycles. The van der Waals surface area contributed by atoms with Crippen LogP contribution in [0.5, 0.6) is 11.5 Å². The van der Waals surface area contributed by atoms with Crippen molar-refractivity contribution in [1.82, 2.24) is 0 Å².